The van der Waals surface area contributed by atoms with Crippen LogP contribution in [-0.2, 0) is 4.79 Å². The summed E-state index contributed by atoms with van der Waals surface area (Å²) in [7, 11) is 0. The lowest BCUT2D eigenvalue weighted by atomic mass is 9.93. The van der Waals surface area contributed by atoms with Gasteiger partial charge in [-0.15, -0.1) is 0 Å². The predicted octanol–water partition coefficient (Wildman–Crippen LogP) is 2.43. The van der Waals surface area contributed by atoms with E-state index in [1.165, 1.54) is 11.3 Å². The van der Waals surface area contributed by atoms with Gasteiger partial charge in [0.2, 0.25) is 5.91 Å². The molecule has 0 spiro atoms. The van der Waals surface area contributed by atoms with Crippen molar-refractivity contribution in [1.82, 2.24) is 10.2 Å². The second-order valence-electron chi connectivity index (χ2n) is 5.19. The monoisotopic (exact) mass is 238 g/mol. The van der Waals surface area contributed by atoms with Crippen LogP contribution in [0.1, 0.15) is 58.3 Å². The fourth-order valence-electron chi connectivity index (χ4n) is 2.95. The molecule has 1 aliphatic carbocycles. The van der Waals surface area contributed by atoms with Gasteiger partial charge in [0.25, 0.3) is 0 Å². The number of hydrogen-bond donors (Lipinski definition) is 1. The number of carbonyl (C=O) groups is 2. The van der Waals surface area contributed by atoms with Crippen molar-refractivity contribution in [2.75, 3.05) is 0 Å². The number of nitrogens with zero attached hydrogens (tertiary/aromatic N) is 1. The predicted molar refractivity (Wildman–Crippen MR) is 65.6 cm³/mol. The molecule has 2 fully saturated rings. The Morgan fingerprint density at radius 2 is 1.94 bits per heavy atom. The molecule has 0 radical (unpaired) electrons. The molecule has 3 amide bonds. The van der Waals surface area contributed by atoms with Crippen LogP contribution in [0.5, 0.6) is 0 Å². The van der Waals surface area contributed by atoms with E-state index in [1.807, 2.05) is 0 Å². The topological polar surface area (TPSA) is 49.4 Å². The van der Waals surface area contributed by atoms with Crippen LogP contribution in [0, 0.1) is 0 Å². The fraction of sp³-hybridized carbons (Fsp3) is 0.846. The molecule has 1 N–H and O–H groups in total. The molecule has 96 valence electrons. The zero-order valence-corrected chi connectivity index (χ0v) is 10.6. The summed E-state index contributed by atoms with van der Waals surface area (Å²) in [5, 5.41) is 2.96. The lowest BCUT2D eigenvalue weighted by Gasteiger charge is -2.38. The van der Waals surface area contributed by atoms with Gasteiger partial charge in [0.1, 0.15) is 0 Å². The highest BCUT2D eigenvalue weighted by atomic mass is 16.2. The van der Waals surface area contributed by atoms with E-state index in [-0.39, 0.29) is 24.0 Å². The van der Waals surface area contributed by atoms with Gasteiger partial charge in [0.05, 0.1) is 0 Å². The number of amides is 3. The number of nitrogens with one attached hydrogen (secondary N) is 1. The van der Waals surface area contributed by atoms with E-state index in [0.717, 1.165) is 38.5 Å². The molecule has 17 heavy (non-hydrogen) atoms. The minimum absolute atomic E-state index is 0.0269. The van der Waals surface area contributed by atoms with Crippen LogP contribution < -0.4 is 5.32 Å². The summed E-state index contributed by atoms with van der Waals surface area (Å²) < 4.78 is 0. The van der Waals surface area contributed by atoms with Crippen molar-refractivity contribution in [2.24, 2.45) is 0 Å². The second-order valence-corrected chi connectivity index (χ2v) is 5.19. The summed E-state index contributed by atoms with van der Waals surface area (Å²) in [6.07, 6.45) is 7.86. The van der Waals surface area contributed by atoms with Crippen LogP contribution in [-0.4, -0.2) is 28.9 Å². The van der Waals surface area contributed by atoms with Crippen molar-refractivity contribution in [1.29, 1.82) is 0 Å². The summed E-state index contributed by atoms with van der Waals surface area (Å²) in [5.41, 5.74) is 0. The fourth-order valence-corrected chi connectivity index (χ4v) is 2.95. The highest BCUT2D eigenvalue weighted by Gasteiger charge is 2.36. The van der Waals surface area contributed by atoms with Crippen LogP contribution >= 0.6 is 0 Å². The van der Waals surface area contributed by atoms with Gasteiger partial charge in [-0.2, -0.15) is 0 Å². The van der Waals surface area contributed by atoms with Crippen molar-refractivity contribution < 1.29 is 9.59 Å². The first-order valence-electron chi connectivity index (χ1n) is 6.85. The smallest absolute Gasteiger partial charge is 0.324 e. The van der Waals surface area contributed by atoms with Crippen LogP contribution in [0.3, 0.4) is 0 Å². The quantitative estimate of drug-likeness (QED) is 0.821. The van der Waals surface area contributed by atoms with E-state index in [1.54, 1.807) is 0 Å². The second kappa shape index (κ2) is 5.52. The molecule has 4 nitrogen and oxygen atoms in total. The number of urea groups is 1. The number of hydrogen-bond acceptors (Lipinski definition) is 2. The summed E-state index contributed by atoms with van der Waals surface area (Å²) >= 11 is 0. The van der Waals surface area contributed by atoms with Crippen LogP contribution in [0.25, 0.3) is 0 Å². The maximum Gasteiger partial charge on any atom is 0.324 e. The Bertz CT molecular complexity index is 280. The first-order chi connectivity index (χ1) is 8.22. The SMILES string of the molecule is CCCC1CC(=O)N(C2CCCCC2)C(=O)N1. The molecule has 4 heteroatoms. The van der Waals surface area contributed by atoms with Crippen LogP contribution in [0.2, 0.25) is 0 Å². The molecule has 1 saturated heterocycles. The van der Waals surface area contributed by atoms with E-state index in [9.17, 15) is 9.59 Å². The highest BCUT2D eigenvalue weighted by Crippen LogP contribution is 2.25. The van der Waals surface area contributed by atoms with Gasteiger partial charge >= 0.3 is 6.03 Å². The summed E-state index contributed by atoms with van der Waals surface area (Å²) in [6, 6.07) is 0.0465. The molecule has 1 heterocycles. The standard InChI is InChI=1S/C13H22N2O2/c1-2-6-10-9-12(16)15(13(17)14-10)11-7-4-3-5-8-11/h10-11H,2-9H2,1H3,(H,14,17). The van der Waals surface area contributed by atoms with Crippen molar-refractivity contribution in [3.8, 4) is 0 Å². The molecule has 2 rings (SSSR count). The summed E-state index contributed by atoms with van der Waals surface area (Å²) in [5.74, 6) is 0.0269. The maximum absolute atomic E-state index is 12.1. The lowest BCUT2D eigenvalue weighted by Crippen LogP contribution is -2.58. The zero-order chi connectivity index (χ0) is 12.3. The summed E-state index contributed by atoms with van der Waals surface area (Å²) in [4.78, 5) is 25.5. The van der Waals surface area contributed by atoms with Gasteiger partial charge in [0.15, 0.2) is 0 Å². The molecule has 0 aromatic carbocycles. The van der Waals surface area contributed by atoms with Gasteiger partial charge in [-0.1, -0.05) is 32.6 Å². The minimum atomic E-state index is -0.161. The molecule has 2 aliphatic rings. The summed E-state index contributed by atoms with van der Waals surface area (Å²) in [6.45, 7) is 2.07. The number of imide groups is 1. The van der Waals surface area contributed by atoms with Crippen molar-refractivity contribution in [3.63, 3.8) is 0 Å². The van der Waals surface area contributed by atoms with E-state index in [2.05, 4.69) is 12.2 Å². The highest BCUT2D eigenvalue weighted by molar-refractivity contribution is 5.97. The number of carbonyl (C=O) groups excluding carboxylic acids is 2. The van der Waals surface area contributed by atoms with E-state index in [0.29, 0.717) is 6.42 Å². The zero-order valence-electron chi connectivity index (χ0n) is 10.6. The van der Waals surface area contributed by atoms with Gasteiger partial charge in [-0.3, -0.25) is 9.69 Å². The molecule has 1 saturated carbocycles. The largest absolute Gasteiger partial charge is 0.334 e. The number of rotatable bonds is 3. The Balaban J connectivity index is 1.98. The molecule has 1 aliphatic heterocycles. The normalized spacial score (nSPS) is 27.1. The molecule has 0 bridgehead atoms. The van der Waals surface area contributed by atoms with Crippen molar-refractivity contribution in [3.05, 3.63) is 0 Å². The van der Waals surface area contributed by atoms with Crippen molar-refractivity contribution >= 4 is 11.9 Å². The van der Waals surface area contributed by atoms with Crippen LogP contribution in [0.4, 0.5) is 4.79 Å². The molecule has 0 aromatic heterocycles. The third-order valence-corrected chi connectivity index (χ3v) is 3.81. The average molecular weight is 238 g/mol. The Morgan fingerprint density at radius 3 is 2.53 bits per heavy atom. The molecular formula is C13H22N2O2. The van der Waals surface area contributed by atoms with Crippen molar-refractivity contribution in [2.45, 2.75) is 70.4 Å². The first kappa shape index (κ1) is 12.4. The Kier molecular flexibility index (Phi) is 4.02. The van der Waals surface area contributed by atoms with Gasteiger partial charge in [-0.05, 0) is 19.3 Å². The van der Waals surface area contributed by atoms with Gasteiger partial charge in [0, 0.05) is 18.5 Å². The average Bonchev–Trinajstić information content (AvgIpc) is 2.30. The molecular weight excluding hydrogens is 216 g/mol. The Labute approximate surface area is 103 Å². The molecule has 1 atom stereocenters. The lowest BCUT2D eigenvalue weighted by molar-refractivity contribution is -0.132. The van der Waals surface area contributed by atoms with Crippen LogP contribution in [0.15, 0.2) is 0 Å². The third kappa shape index (κ3) is 2.79. The van der Waals surface area contributed by atoms with E-state index in [4.69, 9.17) is 0 Å². The molecule has 0 aromatic rings. The van der Waals surface area contributed by atoms with Gasteiger partial charge in [-0.25, -0.2) is 4.79 Å². The minimum Gasteiger partial charge on any atom is -0.334 e. The van der Waals surface area contributed by atoms with E-state index < -0.39 is 0 Å². The third-order valence-electron chi connectivity index (χ3n) is 3.81. The molecule has 1 unspecified atom stereocenters. The van der Waals surface area contributed by atoms with Gasteiger partial charge < -0.3 is 5.32 Å². The first-order valence-corrected chi connectivity index (χ1v) is 6.85. The Morgan fingerprint density at radius 1 is 1.24 bits per heavy atom. The van der Waals surface area contributed by atoms with E-state index >= 15 is 0 Å². The maximum atomic E-state index is 12.1. The Hall–Kier alpha value is -1.06.